The number of aromatic nitrogens is 1. The maximum atomic E-state index is 14.0. The number of hydrogen-bond acceptors (Lipinski definition) is 4. The zero-order valence-corrected chi connectivity index (χ0v) is 16.4. The minimum Gasteiger partial charge on any atom is -0.489 e. The second kappa shape index (κ2) is 9.92. The Morgan fingerprint density at radius 3 is 2.89 bits per heavy atom. The van der Waals surface area contributed by atoms with E-state index in [1.807, 2.05) is 49.1 Å². The maximum absolute atomic E-state index is 14.0. The van der Waals surface area contributed by atoms with Gasteiger partial charge in [-0.15, -0.1) is 0 Å². The molecule has 0 saturated carbocycles. The van der Waals surface area contributed by atoms with Crippen molar-refractivity contribution in [3.8, 4) is 5.75 Å². The predicted molar refractivity (Wildman–Crippen MR) is 110 cm³/mol. The lowest BCUT2D eigenvalue weighted by Gasteiger charge is -2.20. The minimum absolute atomic E-state index is 0.0412. The van der Waals surface area contributed by atoms with E-state index >= 15 is 0 Å². The van der Waals surface area contributed by atoms with Crippen LogP contribution >= 0.6 is 0 Å². The smallest absolute Gasteiger partial charge is 0.191 e. The highest BCUT2D eigenvalue weighted by molar-refractivity contribution is 5.80. The van der Waals surface area contributed by atoms with Crippen molar-refractivity contribution in [3.05, 3.63) is 54.5 Å². The van der Waals surface area contributed by atoms with E-state index in [0.717, 1.165) is 31.2 Å². The number of nitrogens with zero attached hydrogens (tertiary/aromatic N) is 3. The predicted octanol–water partition coefficient (Wildman–Crippen LogP) is 2.82. The molecule has 2 aromatic rings. The van der Waals surface area contributed by atoms with E-state index in [1.54, 1.807) is 12.3 Å². The van der Waals surface area contributed by atoms with E-state index in [0.29, 0.717) is 18.9 Å². The molecule has 1 aliphatic heterocycles. The quantitative estimate of drug-likeness (QED) is 0.567. The number of aliphatic imine (C=N–C) groups is 1. The molecular weight excluding hydrogens is 357 g/mol. The van der Waals surface area contributed by atoms with Gasteiger partial charge in [0.15, 0.2) is 17.6 Å². The molecule has 28 heavy (non-hydrogen) atoms. The Hall–Kier alpha value is -2.83. The van der Waals surface area contributed by atoms with Gasteiger partial charge >= 0.3 is 0 Å². The van der Waals surface area contributed by atoms with E-state index in [2.05, 4.69) is 20.6 Å². The van der Waals surface area contributed by atoms with Crippen LogP contribution in [0.15, 0.2) is 53.7 Å². The highest BCUT2D eigenvalue weighted by Gasteiger charge is 2.26. The summed E-state index contributed by atoms with van der Waals surface area (Å²) in [6.45, 7) is 6.79. The Morgan fingerprint density at radius 1 is 1.32 bits per heavy atom. The molecule has 2 atom stereocenters. The van der Waals surface area contributed by atoms with Crippen molar-refractivity contribution in [2.45, 2.75) is 32.4 Å². The first-order chi connectivity index (χ1) is 13.7. The van der Waals surface area contributed by atoms with E-state index in [4.69, 9.17) is 4.74 Å². The molecule has 0 aliphatic carbocycles. The average molecular weight is 385 g/mol. The van der Waals surface area contributed by atoms with Gasteiger partial charge in [0, 0.05) is 31.9 Å². The van der Waals surface area contributed by atoms with E-state index in [9.17, 15) is 4.39 Å². The van der Waals surface area contributed by atoms with Gasteiger partial charge in [0.05, 0.1) is 6.54 Å². The largest absolute Gasteiger partial charge is 0.489 e. The van der Waals surface area contributed by atoms with Crippen LogP contribution in [0.2, 0.25) is 0 Å². The van der Waals surface area contributed by atoms with Crippen molar-refractivity contribution in [3.63, 3.8) is 0 Å². The molecule has 1 fully saturated rings. The van der Waals surface area contributed by atoms with Gasteiger partial charge in [0.25, 0.3) is 0 Å². The number of nitrogens with one attached hydrogen (secondary N) is 2. The van der Waals surface area contributed by atoms with Crippen LogP contribution in [0.4, 0.5) is 10.2 Å². The van der Waals surface area contributed by atoms with Crippen molar-refractivity contribution >= 4 is 11.8 Å². The molecule has 1 aromatic carbocycles. The molecule has 0 amide bonds. The van der Waals surface area contributed by atoms with E-state index < -0.39 is 0 Å². The maximum Gasteiger partial charge on any atom is 0.191 e. The lowest BCUT2D eigenvalue weighted by atomic mass is 10.3. The zero-order chi connectivity index (χ0) is 19.8. The van der Waals surface area contributed by atoms with Crippen LogP contribution in [0.3, 0.4) is 0 Å². The highest BCUT2D eigenvalue weighted by atomic mass is 19.1. The Kier molecular flexibility index (Phi) is 7.06. The first kappa shape index (κ1) is 19.9. The van der Waals surface area contributed by atoms with Gasteiger partial charge in [-0.2, -0.15) is 0 Å². The number of benzene rings is 1. The fourth-order valence-corrected chi connectivity index (χ4v) is 3.18. The van der Waals surface area contributed by atoms with Gasteiger partial charge in [-0.25, -0.2) is 14.4 Å². The van der Waals surface area contributed by atoms with Gasteiger partial charge in [-0.1, -0.05) is 18.2 Å². The molecule has 1 aromatic heterocycles. The normalized spacial score (nSPS) is 18.0. The summed E-state index contributed by atoms with van der Waals surface area (Å²) in [5, 5.41) is 6.72. The minimum atomic E-state index is -0.282. The average Bonchev–Trinajstić information content (AvgIpc) is 3.16. The Balaban J connectivity index is 1.54. The summed E-state index contributed by atoms with van der Waals surface area (Å²) in [5.74, 6) is 1.72. The fraction of sp³-hybridized carbons (Fsp3) is 0.429. The van der Waals surface area contributed by atoms with Crippen LogP contribution in [0.25, 0.3) is 0 Å². The monoisotopic (exact) mass is 385 g/mol. The molecule has 1 aliphatic rings. The van der Waals surface area contributed by atoms with Crippen LogP contribution in [0.5, 0.6) is 5.75 Å². The Bertz CT molecular complexity index is 770. The number of pyridine rings is 1. The van der Waals surface area contributed by atoms with Crippen LogP contribution in [-0.4, -0.2) is 49.3 Å². The van der Waals surface area contributed by atoms with Crippen molar-refractivity contribution in [2.75, 3.05) is 31.1 Å². The van der Waals surface area contributed by atoms with Gasteiger partial charge in [0.1, 0.15) is 11.9 Å². The van der Waals surface area contributed by atoms with Crippen LogP contribution in [0.1, 0.15) is 20.3 Å². The molecule has 7 heteroatoms. The lowest BCUT2D eigenvalue weighted by molar-refractivity contribution is 0.230. The molecule has 2 N–H and O–H groups in total. The third-order valence-corrected chi connectivity index (χ3v) is 4.50. The number of ether oxygens (including phenoxy) is 1. The van der Waals surface area contributed by atoms with E-state index in [-0.39, 0.29) is 18.0 Å². The van der Waals surface area contributed by atoms with Gasteiger partial charge < -0.3 is 20.3 Å². The topological polar surface area (TPSA) is 61.8 Å². The second-order valence-corrected chi connectivity index (χ2v) is 6.85. The van der Waals surface area contributed by atoms with Crippen LogP contribution in [-0.2, 0) is 0 Å². The summed E-state index contributed by atoms with van der Waals surface area (Å²) < 4.78 is 19.8. The standard InChI is InChI=1S/C21H28FN5O/c1-3-23-21(25-14-16(2)28-18-8-5-4-6-9-18)26-17-11-13-27(15-17)20-19(22)10-7-12-24-20/h4-10,12,16-17H,3,11,13-15H2,1-2H3,(H2,23,25,26). The van der Waals surface area contributed by atoms with Crippen molar-refractivity contribution in [2.24, 2.45) is 4.99 Å². The number of halogens is 1. The van der Waals surface area contributed by atoms with Gasteiger partial charge in [0.2, 0.25) is 0 Å². The molecule has 2 unspecified atom stereocenters. The number of hydrogen-bond donors (Lipinski definition) is 2. The fourth-order valence-electron chi connectivity index (χ4n) is 3.18. The summed E-state index contributed by atoms with van der Waals surface area (Å²) in [6.07, 6.45) is 2.48. The molecule has 0 radical (unpaired) electrons. The van der Waals surface area contributed by atoms with Crippen LogP contribution < -0.4 is 20.3 Å². The summed E-state index contributed by atoms with van der Waals surface area (Å²) in [5.41, 5.74) is 0. The molecule has 0 bridgehead atoms. The molecule has 0 spiro atoms. The van der Waals surface area contributed by atoms with Gasteiger partial charge in [-0.3, -0.25) is 0 Å². The Morgan fingerprint density at radius 2 is 2.14 bits per heavy atom. The summed E-state index contributed by atoms with van der Waals surface area (Å²) in [4.78, 5) is 10.8. The zero-order valence-electron chi connectivity index (χ0n) is 16.4. The molecular formula is C21H28FN5O. The van der Waals surface area contributed by atoms with Crippen molar-refractivity contribution in [1.82, 2.24) is 15.6 Å². The molecule has 150 valence electrons. The molecule has 3 rings (SSSR count). The number of anilines is 1. The number of para-hydroxylation sites is 1. The second-order valence-electron chi connectivity index (χ2n) is 6.85. The van der Waals surface area contributed by atoms with E-state index in [1.165, 1.54) is 6.07 Å². The highest BCUT2D eigenvalue weighted by Crippen LogP contribution is 2.20. The molecule has 1 saturated heterocycles. The first-order valence-electron chi connectivity index (χ1n) is 9.77. The number of guanidine groups is 1. The summed E-state index contributed by atoms with van der Waals surface area (Å²) >= 11 is 0. The lowest BCUT2D eigenvalue weighted by Crippen LogP contribution is -2.45. The summed E-state index contributed by atoms with van der Waals surface area (Å²) in [7, 11) is 0. The third-order valence-electron chi connectivity index (χ3n) is 4.50. The molecule has 2 heterocycles. The van der Waals surface area contributed by atoms with Crippen LogP contribution in [0, 0.1) is 5.82 Å². The number of rotatable bonds is 7. The Labute approximate surface area is 165 Å². The SMILES string of the molecule is CCNC(=NCC(C)Oc1ccccc1)NC1CCN(c2ncccc2F)C1. The first-order valence-corrected chi connectivity index (χ1v) is 9.77. The van der Waals surface area contributed by atoms with Crippen molar-refractivity contribution < 1.29 is 9.13 Å². The summed E-state index contributed by atoms with van der Waals surface area (Å²) in [6, 6.07) is 13.0. The van der Waals surface area contributed by atoms with Crippen molar-refractivity contribution in [1.29, 1.82) is 0 Å². The molecule has 6 nitrogen and oxygen atoms in total. The third kappa shape index (κ3) is 5.58. The van der Waals surface area contributed by atoms with Gasteiger partial charge in [-0.05, 0) is 44.5 Å².